The highest BCUT2D eigenvalue weighted by Crippen LogP contribution is 2.24. The zero-order chi connectivity index (χ0) is 15.4. The van der Waals surface area contributed by atoms with Gasteiger partial charge in [0.25, 0.3) is 5.91 Å². The largest absolute Gasteiger partial charge is 0.349 e. The number of halogens is 2. The van der Waals surface area contributed by atoms with Crippen molar-refractivity contribution >= 4 is 11.6 Å². The molecule has 0 heterocycles. The monoisotopic (exact) mass is 298 g/mol. The van der Waals surface area contributed by atoms with Crippen LogP contribution in [0.1, 0.15) is 48.9 Å². The van der Waals surface area contributed by atoms with E-state index in [1.807, 2.05) is 0 Å². The average molecular weight is 298 g/mol. The van der Waals surface area contributed by atoms with Gasteiger partial charge in [-0.15, -0.1) is 0 Å². The fraction of sp³-hybridized carbons (Fsp3) is 0.500. The predicted octanol–water partition coefficient (Wildman–Crippen LogP) is 3.33. The van der Waals surface area contributed by atoms with Gasteiger partial charge in [0.1, 0.15) is 11.4 Å². The smallest absolute Gasteiger partial charge is 0.305 e. The van der Waals surface area contributed by atoms with Crippen molar-refractivity contribution in [2.75, 3.05) is 0 Å². The van der Waals surface area contributed by atoms with Crippen molar-refractivity contribution < 1.29 is 18.5 Å². The second-order valence-corrected chi connectivity index (χ2v) is 5.17. The number of nitro groups is 1. The number of amides is 1. The van der Waals surface area contributed by atoms with E-state index in [2.05, 4.69) is 5.32 Å². The molecule has 1 amide bonds. The SMILES string of the molecule is O=C(NC1CCCCCC1)c1c(F)ccc([N+](=O)[O-])c1F. The van der Waals surface area contributed by atoms with Crippen LogP contribution in [-0.2, 0) is 0 Å². The summed E-state index contributed by atoms with van der Waals surface area (Å²) in [6, 6.07) is 1.31. The van der Waals surface area contributed by atoms with Crippen molar-refractivity contribution in [3.63, 3.8) is 0 Å². The molecule has 2 rings (SSSR count). The lowest BCUT2D eigenvalue weighted by molar-refractivity contribution is -0.387. The van der Waals surface area contributed by atoms with E-state index in [0.717, 1.165) is 44.6 Å². The van der Waals surface area contributed by atoms with E-state index in [1.165, 1.54) is 0 Å². The van der Waals surface area contributed by atoms with E-state index in [0.29, 0.717) is 6.07 Å². The first-order valence-electron chi connectivity index (χ1n) is 6.94. The molecule has 7 heteroatoms. The third-order valence-corrected chi connectivity index (χ3v) is 3.68. The lowest BCUT2D eigenvalue weighted by Crippen LogP contribution is -2.35. The number of hydrogen-bond acceptors (Lipinski definition) is 3. The molecule has 1 saturated carbocycles. The minimum Gasteiger partial charge on any atom is -0.349 e. The van der Waals surface area contributed by atoms with Gasteiger partial charge in [0, 0.05) is 12.1 Å². The summed E-state index contributed by atoms with van der Waals surface area (Å²) < 4.78 is 27.6. The molecule has 1 fully saturated rings. The zero-order valence-corrected chi connectivity index (χ0v) is 11.4. The lowest BCUT2D eigenvalue weighted by atomic mass is 10.1. The first kappa shape index (κ1) is 15.3. The van der Waals surface area contributed by atoms with Gasteiger partial charge in [-0.2, -0.15) is 4.39 Å². The highest BCUT2D eigenvalue weighted by Gasteiger charge is 2.27. The molecule has 0 radical (unpaired) electrons. The maximum absolute atomic E-state index is 13.9. The number of rotatable bonds is 3. The highest BCUT2D eigenvalue weighted by molar-refractivity contribution is 5.95. The third-order valence-electron chi connectivity index (χ3n) is 3.68. The molecule has 1 aromatic rings. The molecule has 1 aromatic carbocycles. The average Bonchev–Trinajstić information content (AvgIpc) is 2.67. The molecule has 1 N–H and O–H groups in total. The fourth-order valence-electron chi connectivity index (χ4n) is 2.57. The van der Waals surface area contributed by atoms with Gasteiger partial charge in [0.15, 0.2) is 0 Å². The maximum atomic E-state index is 13.9. The van der Waals surface area contributed by atoms with Crippen molar-refractivity contribution in [1.29, 1.82) is 0 Å². The van der Waals surface area contributed by atoms with Crippen molar-refractivity contribution in [3.05, 3.63) is 39.4 Å². The van der Waals surface area contributed by atoms with Crippen LogP contribution in [-0.4, -0.2) is 16.9 Å². The van der Waals surface area contributed by atoms with Gasteiger partial charge in [0.2, 0.25) is 5.82 Å². The van der Waals surface area contributed by atoms with E-state index in [-0.39, 0.29) is 6.04 Å². The van der Waals surface area contributed by atoms with Gasteiger partial charge < -0.3 is 5.32 Å². The second-order valence-electron chi connectivity index (χ2n) is 5.17. The predicted molar refractivity (Wildman–Crippen MR) is 72.0 cm³/mol. The summed E-state index contributed by atoms with van der Waals surface area (Å²) in [5.74, 6) is -3.45. The van der Waals surface area contributed by atoms with E-state index >= 15 is 0 Å². The number of hydrogen-bond donors (Lipinski definition) is 1. The zero-order valence-electron chi connectivity index (χ0n) is 11.4. The number of nitro benzene ring substituents is 1. The summed E-state index contributed by atoms with van der Waals surface area (Å²) in [5, 5.41) is 13.2. The van der Waals surface area contributed by atoms with Crippen LogP contribution in [0.25, 0.3) is 0 Å². The lowest BCUT2D eigenvalue weighted by Gasteiger charge is -2.16. The molecular formula is C14H16F2N2O3. The van der Waals surface area contributed by atoms with Gasteiger partial charge in [-0.25, -0.2) is 4.39 Å². The summed E-state index contributed by atoms with van der Waals surface area (Å²) >= 11 is 0. The normalized spacial score (nSPS) is 16.3. The van der Waals surface area contributed by atoms with Crippen molar-refractivity contribution in [2.45, 2.75) is 44.6 Å². The van der Waals surface area contributed by atoms with E-state index in [4.69, 9.17) is 0 Å². The Morgan fingerprint density at radius 3 is 2.38 bits per heavy atom. The molecule has 0 saturated heterocycles. The van der Waals surface area contributed by atoms with Crippen molar-refractivity contribution in [3.8, 4) is 0 Å². The Labute approximate surface area is 120 Å². The van der Waals surface area contributed by atoms with E-state index in [9.17, 15) is 23.7 Å². The number of nitrogens with one attached hydrogen (secondary N) is 1. The van der Waals surface area contributed by atoms with Gasteiger partial charge in [-0.05, 0) is 18.9 Å². The quantitative estimate of drug-likeness (QED) is 0.528. The molecular weight excluding hydrogens is 282 g/mol. The third kappa shape index (κ3) is 3.53. The number of carbonyl (C=O) groups excluding carboxylic acids is 1. The minimum absolute atomic E-state index is 0.141. The van der Waals surface area contributed by atoms with Crippen molar-refractivity contribution in [2.24, 2.45) is 0 Å². The Kier molecular flexibility index (Phi) is 4.82. The first-order valence-corrected chi connectivity index (χ1v) is 6.94. The molecule has 0 unspecified atom stereocenters. The Morgan fingerprint density at radius 2 is 1.81 bits per heavy atom. The fourth-order valence-corrected chi connectivity index (χ4v) is 2.57. The van der Waals surface area contributed by atoms with Crippen LogP contribution in [0, 0.1) is 21.7 Å². The summed E-state index contributed by atoms with van der Waals surface area (Å²) in [7, 11) is 0. The van der Waals surface area contributed by atoms with Crippen LogP contribution in [0.15, 0.2) is 12.1 Å². The van der Waals surface area contributed by atoms with Gasteiger partial charge in [-0.3, -0.25) is 14.9 Å². The summed E-state index contributed by atoms with van der Waals surface area (Å²) in [5.41, 5.74) is -1.78. The maximum Gasteiger partial charge on any atom is 0.305 e. The summed E-state index contributed by atoms with van der Waals surface area (Å²) in [6.45, 7) is 0. The molecule has 0 atom stereocenters. The van der Waals surface area contributed by atoms with Crippen LogP contribution in [0.2, 0.25) is 0 Å². The number of carbonyl (C=O) groups is 1. The number of benzene rings is 1. The summed E-state index contributed by atoms with van der Waals surface area (Å²) in [4.78, 5) is 21.7. The second kappa shape index (κ2) is 6.60. The van der Waals surface area contributed by atoms with E-state index < -0.39 is 33.7 Å². The summed E-state index contributed by atoms with van der Waals surface area (Å²) in [6.07, 6.45) is 5.56. The van der Waals surface area contributed by atoms with Crippen LogP contribution in [0.5, 0.6) is 0 Å². The van der Waals surface area contributed by atoms with Crippen LogP contribution < -0.4 is 5.32 Å². The highest BCUT2D eigenvalue weighted by atomic mass is 19.1. The molecule has 1 aliphatic carbocycles. The van der Waals surface area contributed by atoms with Crippen LogP contribution in [0.3, 0.4) is 0 Å². The molecule has 5 nitrogen and oxygen atoms in total. The topological polar surface area (TPSA) is 72.2 Å². The van der Waals surface area contributed by atoms with Gasteiger partial charge >= 0.3 is 5.69 Å². The molecule has 1 aliphatic rings. The standard InChI is InChI=1S/C14H16F2N2O3/c15-10-7-8-11(18(20)21)13(16)12(10)14(19)17-9-5-3-1-2-4-6-9/h7-9H,1-6H2,(H,17,19). The molecule has 114 valence electrons. The molecule has 0 aromatic heterocycles. The van der Waals surface area contributed by atoms with Crippen molar-refractivity contribution in [1.82, 2.24) is 5.32 Å². The molecule has 21 heavy (non-hydrogen) atoms. The Morgan fingerprint density at radius 1 is 1.19 bits per heavy atom. The number of nitrogens with zero attached hydrogens (tertiary/aromatic N) is 1. The Bertz CT molecular complexity index is 555. The Hall–Kier alpha value is -2.05. The van der Waals surface area contributed by atoms with E-state index in [1.54, 1.807) is 0 Å². The first-order chi connectivity index (χ1) is 10.0. The Balaban J connectivity index is 2.22. The van der Waals surface area contributed by atoms with Gasteiger partial charge in [-0.1, -0.05) is 25.7 Å². The van der Waals surface area contributed by atoms with Crippen LogP contribution >= 0.6 is 0 Å². The van der Waals surface area contributed by atoms with Gasteiger partial charge in [0.05, 0.1) is 4.92 Å². The molecule has 0 bridgehead atoms. The molecule has 0 aliphatic heterocycles. The minimum atomic E-state index is -1.42. The van der Waals surface area contributed by atoms with Crippen LogP contribution in [0.4, 0.5) is 14.5 Å². The molecule has 0 spiro atoms.